The molecule has 138 valence electrons. The first-order chi connectivity index (χ1) is 12.4. The van der Waals surface area contributed by atoms with Crippen LogP contribution >= 0.6 is 0 Å². The molecule has 7 N–H and O–H groups in total. The summed E-state index contributed by atoms with van der Waals surface area (Å²) in [5.74, 6) is -0.618. The number of para-hydroxylation sites is 1. The topological polar surface area (TPSA) is 116 Å². The SMILES string of the molecule is CCCNC(=O)/C(N)=C(\N)c1cccc(-c2c(F)cccc2OC)c1N. The van der Waals surface area contributed by atoms with Gasteiger partial charge in [-0.15, -0.1) is 0 Å². The number of nitrogens with one attached hydrogen (secondary N) is 1. The van der Waals surface area contributed by atoms with Crippen LogP contribution in [0.1, 0.15) is 18.9 Å². The molecule has 1 amide bonds. The van der Waals surface area contributed by atoms with Gasteiger partial charge in [0.2, 0.25) is 0 Å². The monoisotopic (exact) mass is 358 g/mol. The van der Waals surface area contributed by atoms with Crippen LogP contribution in [0.2, 0.25) is 0 Å². The third-order valence-electron chi connectivity index (χ3n) is 3.93. The highest BCUT2D eigenvalue weighted by Gasteiger charge is 2.19. The first kappa shape index (κ1) is 19.1. The van der Waals surface area contributed by atoms with Crippen molar-refractivity contribution in [2.45, 2.75) is 13.3 Å². The van der Waals surface area contributed by atoms with E-state index in [4.69, 9.17) is 21.9 Å². The van der Waals surface area contributed by atoms with Gasteiger partial charge in [-0.25, -0.2) is 4.39 Å². The van der Waals surface area contributed by atoms with E-state index in [9.17, 15) is 9.18 Å². The zero-order valence-corrected chi connectivity index (χ0v) is 14.8. The highest BCUT2D eigenvalue weighted by molar-refractivity contribution is 6.01. The van der Waals surface area contributed by atoms with Gasteiger partial charge in [-0.3, -0.25) is 4.79 Å². The molecular formula is C19H23FN4O2. The minimum Gasteiger partial charge on any atom is -0.496 e. The molecule has 0 bridgehead atoms. The number of hydrogen-bond acceptors (Lipinski definition) is 5. The average Bonchev–Trinajstić information content (AvgIpc) is 2.65. The Morgan fingerprint density at radius 3 is 2.54 bits per heavy atom. The summed E-state index contributed by atoms with van der Waals surface area (Å²) in [6.45, 7) is 2.40. The first-order valence-corrected chi connectivity index (χ1v) is 8.17. The fourth-order valence-corrected chi connectivity index (χ4v) is 2.56. The van der Waals surface area contributed by atoms with Crippen molar-refractivity contribution in [2.75, 3.05) is 19.4 Å². The van der Waals surface area contributed by atoms with E-state index in [1.807, 2.05) is 6.92 Å². The molecule has 2 rings (SSSR count). The number of halogens is 1. The van der Waals surface area contributed by atoms with E-state index in [0.29, 0.717) is 23.4 Å². The van der Waals surface area contributed by atoms with Crippen molar-refractivity contribution in [2.24, 2.45) is 11.5 Å². The van der Waals surface area contributed by atoms with Crippen molar-refractivity contribution < 1.29 is 13.9 Å². The summed E-state index contributed by atoms with van der Waals surface area (Å²) in [6, 6.07) is 9.44. The molecule has 0 heterocycles. The maximum Gasteiger partial charge on any atom is 0.269 e. The summed E-state index contributed by atoms with van der Waals surface area (Å²) in [5, 5.41) is 2.65. The van der Waals surface area contributed by atoms with Gasteiger partial charge < -0.3 is 27.3 Å². The molecule has 0 unspecified atom stereocenters. The Kier molecular flexibility index (Phi) is 6.06. The molecule has 0 aliphatic heterocycles. The van der Waals surface area contributed by atoms with E-state index >= 15 is 0 Å². The van der Waals surface area contributed by atoms with Crippen molar-refractivity contribution in [3.63, 3.8) is 0 Å². The number of rotatable bonds is 6. The largest absolute Gasteiger partial charge is 0.496 e. The first-order valence-electron chi connectivity index (χ1n) is 8.17. The van der Waals surface area contributed by atoms with Crippen LogP contribution in [-0.2, 0) is 4.79 Å². The number of carbonyl (C=O) groups is 1. The molecule has 0 radical (unpaired) electrons. The number of methoxy groups -OCH3 is 1. The Labute approximate surface area is 151 Å². The van der Waals surface area contributed by atoms with Crippen LogP contribution < -0.4 is 27.3 Å². The molecule has 0 saturated heterocycles. The molecule has 0 fully saturated rings. The van der Waals surface area contributed by atoms with Crippen molar-refractivity contribution in [3.05, 3.63) is 53.5 Å². The van der Waals surface area contributed by atoms with Crippen molar-refractivity contribution in [1.82, 2.24) is 5.32 Å². The van der Waals surface area contributed by atoms with Gasteiger partial charge >= 0.3 is 0 Å². The van der Waals surface area contributed by atoms with Crippen LogP contribution in [-0.4, -0.2) is 19.6 Å². The highest BCUT2D eigenvalue weighted by atomic mass is 19.1. The summed E-state index contributed by atoms with van der Waals surface area (Å²) in [5.41, 5.74) is 19.2. The minimum absolute atomic E-state index is 0.0354. The summed E-state index contributed by atoms with van der Waals surface area (Å²) in [4.78, 5) is 12.0. The predicted molar refractivity (Wildman–Crippen MR) is 101 cm³/mol. The Hall–Kier alpha value is -3.22. The van der Waals surface area contributed by atoms with E-state index < -0.39 is 11.7 Å². The smallest absolute Gasteiger partial charge is 0.269 e. The van der Waals surface area contributed by atoms with Gasteiger partial charge in [0, 0.05) is 23.4 Å². The molecule has 26 heavy (non-hydrogen) atoms. The van der Waals surface area contributed by atoms with E-state index in [-0.39, 0.29) is 22.6 Å². The molecule has 0 aliphatic rings. The second kappa shape index (κ2) is 8.24. The molecule has 2 aromatic carbocycles. The van der Waals surface area contributed by atoms with Crippen LogP contribution in [0.15, 0.2) is 42.1 Å². The molecule has 0 spiro atoms. The van der Waals surface area contributed by atoms with Crippen LogP contribution in [0.25, 0.3) is 16.8 Å². The van der Waals surface area contributed by atoms with Gasteiger partial charge in [0.1, 0.15) is 17.3 Å². The predicted octanol–water partition coefficient (Wildman–Crippen LogP) is 2.20. The lowest BCUT2D eigenvalue weighted by molar-refractivity contribution is -0.117. The minimum atomic E-state index is -0.482. The van der Waals surface area contributed by atoms with Gasteiger partial charge in [0.15, 0.2) is 0 Å². The van der Waals surface area contributed by atoms with Gasteiger partial charge in [0.05, 0.1) is 18.4 Å². The van der Waals surface area contributed by atoms with Gasteiger partial charge in [-0.05, 0) is 18.6 Å². The molecule has 0 atom stereocenters. The average molecular weight is 358 g/mol. The van der Waals surface area contributed by atoms with E-state index in [1.54, 1.807) is 30.3 Å². The maximum absolute atomic E-state index is 14.4. The van der Waals surface area contributed by atoms with Crippen molar-refractivity contribution in [3.8, 4) is 16.9 Å². The second-order valence-electron chi connectivity index (χ2n) is 5.67. The fourth-order valence-electron chi connectivity index (χ4n) is 2.56. The highest BCUT2D eigenvalue weighted by Crippen LogP contribution is 2.38. The number of carbonyl (C=O) groups excluding carboxylic acids is 1. The van der Waals surface area contributed by atoms with Crippen LogP contribution in [0.4, 0.5) is 10.1 Å². The van der Waals surface area contributed by atoms with E-state index in [0.717, 1.165) is 6.42 Å². The fraction of sp³-hybridized carbons (Fsp3) is 0.211. The summed E-state index contributed by atoms with van der Waals surface area (Å²) < 4.78 is 19.6. The molecule has 2 aromatic rings. The second-order valence-corrected chi connectivity index (χ2v) is 5.67. The molecule has 6 nitrogen and oxygen atoms in total. The van der Waals surface area contributed by atoms with E-state index in [2.05, 4.69) is 5.32 Å². The standard InChI is InChI=1S/C19H23FN4O2/c1-3-10-24-19(25)18(23)17(22)12-7-4-6-11(16(12)21)15-13(20)8-5-9-14(15)26-2/h4-9H,3,10,21-23H2,1-2H3,(H,24,25)/b18-17+. The summed E-state index contributed by atoms with van der Waals surface area (Å²) in [7, 11) is 1.45. The quantitative estimate of drug-likeness (QED) is 0.467. The molecule has 0 aromatic heterocycles. The van der Waals surface area contributed by atoms with E-state index in [1.165, 1.54) is 13.2 Å². The van der Waals surface area contributed by atoms with Crippen molar-refractivity contribution in [1.29, 1.82) is 0 Å². The Balaban J connectivity index is 2.56. The number of hydrogen-bond donors (Lipinski definition) is 4. The third-order valence-corrected chi connectivity index (χ3v) is 3.93. The number of anilines is 1. The number of benzene rings is 2. The Morgan fingerprint density at radius 2 is 1.88 bits per heavy atom. The Morgan fingerprint density at radius 1 is 1.19 bits per heavy atom. The number of nitrogens with two attached hydrogens (primary N) is 3. The number of nitrogen functional groups attached to an aromatic ring is 1. The number of amides is 1. The molecule has 0 aliphatic carbocycles. The van der Waals surface area contributed by atoms with Crippen molar-refractivity contribution >= 4 is 17.3 Å². The molecule has 7 heteroatoms. The maximum atomic E-state index is 14.4. The van der Waals surface area contributed by atoms with Crippen LogP contribution in [0.5, 0.6) is 5.75 Å². The zero-order valence-electron chi connectivity index (χ0n) is 14.8. The Bertz CT molecular complexity index is 849. The summed E-state index contributed by atoms with van der Waals surface area (Å²) >= 11 is 0. The lowest BCUT2D eigenvalue weighted by atomic mass is 9.97. The van der Waals surface area contributed by atoms with Crippen LogP contribution in [0, 0.1) is 5.82 Å². The summed E-state index contributed by atoms with van der Waals surface area (Å²) in [6.07, 6.45) is 0.767. The normalized spacial score (nSPS) is 11.7. The van der Waals surface area contributed by atoms with Gasteiger partial charge in [-0.1, -0.05) is 31.2 Å². The lowest BCUT2D eigenvalue weighted by Gasteiger charge is -2.16. The molecular weight excluding hydrogens is 335 g/mol. The number of ether oxygens (including phenoxy) is 1. The van der Waals surface area contributed by atoms with Gasteiger partial charge in [-0.2, -0.15) is 0 Å². The zero-order chi connectivity index (χ0) is 19.3. The lowest BCUT2D eigenvalue weighted by Crippen LogP contribution is -2.31. The molecule has 0 saturated carbocycles. The van der Waals surface area contributed by atoms with Gasteiger partial charge in [0.25, 0.3) is 5.91 Å². The third kappa shape index (κ3) is 3.72. The van der Waals surface area contributed by atoms with Crippen LogP contribution in [0.3, 0.4) is 0 Å².